The van der Waals surface area contributed by atoms with Gasteiger partial charge in [-0.25, -0.2) is 0 Å². The lowest BCUT2D eigenvalue weighted by Gasteiger charge is -2.39. The minimum atomic E-state index is -0.303. The Morgan fingerprint density at radius 3 is 2.79 bits per heavy atom. The molecule has 2 atom stereocenters. The van der Waals surface area contributed by atoms with Crippen LogP contribution in [-0.2, 0) is 6.54 Å². The van der Waals surface area contributed by atoms with Crippen molar-refractivity contribution in [2.24, 2.45) is 0 Å². The highest BCUT2D eigenvalue weighted by Gasteiger charge is 2.29. The van der Waals surface area contributed by atoms with Gasteiger partial charge in [-0.05, 0) is 17.7 Å². The lowest BCUT2D eigenvalue weighted by atomic mass is 10.0. The van der Waals surface area contributed by atoms with Gasteiger partial charge in [0.2, 0.25) is 0 Å². The summed E-state index contributed by atoms with van der Waals surface area (Å²) in [5.74, 6) is 2.29. The number of rotatable bonds is 5. The van der Waals surface area contributed by atoms with Crippen molar-refractivity contribution in [2.45, 2.75) is 25.1 Å². The first-order valence-corrected chi connectivity index (χ1v) is 8.21. The van der Waals surface area contributed by atoms with E-state index < -0.39 is 0 Å². The summed E-state index contributed by atoms with van der Waals surface area (Å²) in [6.45, 7) is 4.82. The quantitative estimate of drug-likeness (QED) is 0.845. The van der Waals surface area contributed by atoms with E-state index in [0.717, 1.165) is 30.2 Å². The van der Waals surface area contributed by atoms with Gasteiger partial charge < -0.3 is 10.0 Å². The van der Waals surface area contributed by atoms with Gasteiger partial charge in [0.25, 0.3) is 0 Å². The molecule has 0 spiro atoms. The maximum Gasteiger partial charge on any atom is 0.0833 e. The predicted molar refractivity (Wildman–Crippen MR) is 83.6 cm³/mol. The molecule has 1 fully saturated rings. The molecule has 0 aliphatic carbocycles. The molecule has 1 aliphatic heterocycles. The maximum atomic E-state index is 10.2. The fraction of sp³-hybridized carbons (Fsp3) is 0.467. The summed E-state index contributed by atoms with van der Waals surface area (Å²) in [6.07, 6.45) is 0.677. The minimum Gasteiger partial charge on any atom is -0.390 e. The van der Waals surface area contributed by atoms with Gasteiger partial charge in [-0.15, -0.1) is 11.6 Å². The number of thioether (sulfide) groups is 1. The van der Waals surface area contributed by atoms with Crippen molar-refractivity contribution >= 4 is 23.4 Å². The largest absolute Gasteiger partial charge is 0.390 e. The fourth-order valence-electron chi connectivity index (χ4n) is 2.40. The van der Waals surface area contributed by atoms with Crippen LogP contribution in [0.25, 0.3) is 0 Å². The predicted octanol–water partition coefficient (Wildman–Crippen LogP) is 3.11. The molecule has 2 nitrogen and oxygen atoms in total. The van der Waals surface area contributed by atoms with Crippen LogP contribution >= 0.6 is 23.4 Å². The summed E-state index contributed by atoms with van der Waals surface area (Å²) < 4.78 is 0. The van der Waals surface area contributed by atoms with Gasteiger partial charge >= 0.3 is 0 Å². The van der Waals surface area contributed by atoms with Crippen molar-refractivity contribution in [1.82, 2.24) is 4.90 Å². The topological polar surface area (TPSA) is 23.5 Å². The summed E-state index contributed by atoms with van der Waals surface area (Å²) in [5.41, 5.74) is 2.11. The molecule has 1 aromatic rings. The van der Waals surface area contributed by atoms with Crippen LogP contribution in [0.1, 0.15) is 12.0 Å². The third kappa shape index (κ3) is 3.91. The number of alkyl halides is 1. The second-order valence-electron chi connectivity index (χ2n) is 4.81. The fourth-order valence-corrected chi connectivity index (χ4v) is 3.59. The summed E-state index contributed by atoms with van der Waals surface area (Å²) in [7, 11) is 0. The van der Waals surface area contributed by atoms with Gasteiger partial charge in [-0.2, -0.15) is 11.8 Å². The highest BCUT2D eigenvalue weighted by atomic mass is 35.5. The first-order chi connectivity index (χ1) is 9.22. The van der Waals surface area contributed by atoms with Gasteiger partial charge in [0, 0.05) is 18.0 Å². The molecule has 1 N–H and O–H groups in total. The molecule has 0 aromatic heterocycles. The van der Waals surface area contributed by atoms with Crippen molar-refractivity contribution in [1.29, 1.82) is 0 Å². The Morgan fingerprint density at radius 2 is 2.16 bits per heavy atom. The summed E-state index contributed by atoms with van der Waals surface area (Å²) in [4.78, 5) is 2.17. The number of hydrogen-bond donors (Lipinski definition) is 1. The number of halogens is 1. The summed E-state index contributed by atoms with van der Waals surface area (Å²) in [6, 6.07) is 10.4. The van der Waals surface area contributed by atoms with Crippen LogP contribution in [0.5, 0.6) is 0 Å². The van der Waals surface area contributed by atoms with E-state index in [4.69, 9.17) is 11.6 Å². The molecule has 0 bridgehead atoms. The van der Waals surface area contributed by atoms with Crippen LogP contribution in [-0.4, -0.2) is 39.5 Å². The number of hydrogen-bond acceptors (Lipinski definition) is 3. The Bertz CT molecular complexity index is 412. The van der Waals surface area contributed by atoms with Gasteiger partial charge in [0.15, 0.2) is 0 Å². The van der Waals surface area contributed by atoms with E-state index in [9.17, 15) is 5.11 Å². The number of allylic oxidation sites excluding steroid dienone is 1. The van der Waals surface area contributed by atoms with Crippen LogP contribution in [0.4, 0.5) is 0 Å². The van der Waals surface area contributed by atoms with Crippen LogP contribution in [0, 0.1) is 0 Å². The second-order valence-corrected chi connectivity index (χ2v) is 6.23. The Kier molecular flexibility index (Phi) is 5.61. The molecule has 4 heteroatoms. The Labute approximate surface area is 124 Å². The molecular formula is C15H20ClNOS. The van der Waals surface area contributed by atoms with E-state index in [1.807, 2.05) is 30.0 Å². The number of aliphatic hydroxyl groups is 1. The average Bonchev–Trinajstić information content (AvgIpc) is 2.46. The molecule has 0 radical (unpaired) electrons. The molecule has 0 unspecified atom stereocenters. The SMILES string of the molecule is C=C(CCl)N(Cc1ccccc1)[C@H]1CCSC[C@@H]1O. The van der Waals surface area contributed by atoms with E-state index in [2.05, 4.69) is 23.6 Å². The zero-order valence-electron chi connectivity index (χ0n) is 11.0. The van der Waals surface area contributed by atoms with E-state index >= 15 is 0 Å². The van der Waals surface area contributed by atoms with E-state index in [1.165, 1.54) is 5.56 Å². The van der Waals surface area contributed by atoms with E-state index in [0.29, 0.717) is 5.88 Å². The van der Waals surface area contributed by atoms with Gasteiger partial charge in [-0.1, -0.05) is 36.9 Å². The second kappa shape index (κ2) is 7.22. The van der Waals surface area contributed by atoms with Crippen LogP contribution in [0.3, 0.4) is 0 Å². The van der Waals surface area contributed by atoms with E-state index in [-0.39, 0.29) is 12.1 Å². The van der Waals surface area contributed by atoms with Crippen molar-refractivity contribution in [3.63, 3.8) is 0 Å². The summed E-state index contributed by atoms with van der Waals surface area (Å²) >= 11 is 7.76. The Balaban J connectivity index is 2.13. The third-order valence-electron chi connectivity index (χ3n) is 3.45. The average molecular weight is 298 g/mol. The van der Waals surface area contributed by atoms with Crippen molar-refractivity contribution in [3.05, 3.63) is 48.2 Å². The zero-order chi connectivity index (χ0) is 13.7. The third-order valence-corrected chi connectivity index (χ3v) is 4.86. The molecule has 1 aliphatic rings. The van der Waals surface area contributed by atoms with Gasteiger partial charge in [0.05, 0.1) is 18.0 Å². The normalized spacial score (nSPS) is 23.1. The van der Waals surface area contributed by atoms with Crippen LogP contribution in [0.2, 0.25) is 0 Å². The van der Waals surface area contributed by atoms with E-state index in [1.54, 1.807) is 0 Å². The lowest BCUT2D eigenvalue weighted by molar-refractivity contribution is 0.0754. The highest BCUT2D eigenvalue weighted by Crippen LogP contribution is 2.26. The molecule has 104 valence electrons. The van der Waals surface area contributed by atoms with Gasteiger partial charge in [0.1, 0.15) is 0 Å². The van der Waals surface area contributed by atoms with Crippen molar-refractivity contribution in [3.8, 4) is 0 Å². The molecule has 1 aromatic carbocycles. The smallest absolute Gasteiger partial charge is 0.0833 e. The van der Waals surface area contributed by atoms with Crippen molar-refractivity contribution in [2.75, 3.05) is 17.4 Å². The molecule has 19 heavy (non-hydrogen) atoms. The Morgan fingerprint density at radius 1 is 1.42 bits per heavy atom. The first-order valence-electron chi connectivity index (χ1n) is 6.52. The first kappa shape index (κ1) is 14.8. The van der Waals surface area contributed by atoms with Gasteiger partial charge in [-0.3, -0.25) is 0 Å². The highest BCUT2D eigenvalue weighted by molar-refractivity contribution is 7.99. The van der Waals surface area contributed by atoms with Crippen molar-refractivity contribution < 1.29 is 5.11 Å². The molecule has 1 saturated heterocycles. The summed E-state index contributed by atoms with van der Waals surface area (Å²) in [5, 5.41) is 10.2. The molecular weight excluding hydrogens is 278 g/mol. The molecule has 0 saturated carbocycles. The van der Waals surface area contributed by atoms with Crippen LogP contribution < -0.4 is 0 Å². The molecule has 1 heterocycles. The standard InChI is InChI=1S/C15H20ClNOS/c1-12(9-16)17(10-13-5-3-2-4-6-13)14-7-8-19-11-15(14)18/h2-6,14-15,18H,1,7-11H2/t14-,15-/m0/s1. The molecule has 2 rings (SSSR count). The lowest BCUT2D eigenvalue weighted by Crippen LogP contribution is -2.46. The Hall–Kier alpha value is -0.640. The monoisotopic (exact) mass is 297 g/mol. The minimum absolute atomic E-state index is 0.132. The number of benzene rings is 1. The number of aliphatic hydroxyl groups excluding tert-OH is 1. The zero-order valence-corrected chi connectivity index (χ0v) is 12.5. The molecule has 0 amide bonds. The van der Waals surface area contributed by atoms with Crippen LogP contribution in [0.15, 0.2) is 42.6 Å². The maximum absolute atomic E-state index is 10.2. The number of nitrogens with zero attached hydrogens (tertiary/aromatic N) is 1.